The summed E-state index contributed by atoms with van der Waals surface area (Å²) >= 11 is 0. The fourth-order valence-corrected chi connectivity index (χ4v) is 5.63. The molecule has 1 unspecified atom stereocenters. The lowest BCUT2D eigenvalue weighted by molar-refractivity contribution is 0.0998. The Labute approximate surface area is 227 Å². The van der Waals surface area contributed by atoms with Crippen LogP contribution in [-0.4, -0.2) is 65.6 Å². The average molecular weight is 532 g/mol. The zero-order chi connectivity index (χ0) is 27.5. The number of aromatic nitrogens is 2. The highest BCUT2D eigenvalue weighted by Gasteiger charge is 2.36. The summed E-state index contributed by atoms with van der Waals surface area (Å²) in [6, 6.07) is 13.6. The molecule has 204 valence electrons. The number of nitrogens with one attached hydrogen (secondary N) is 1. The summed E-state index contributed by atoms with van der Waals surface area (Å²) in [6.07, 6.45) is 5.32. The predicted octanol–water partition coefficient (Wildman–Crippen LogP) is 4.58. The van der Waals surface area contributed by atoms with Crippen molar-refractivity contribution in [2.75, 3.05) is 39.2 Å². The molecular weight excluding hydrogens is 498 g/mol. The Kier molecular flexibility index (Phi) is 7.44. The summed E-state index contributed by atoms with van der Waals surface area (Å²) < 4.78 is 13.3. The van der Waals surface area contributed by atoms with E-state index in [0.717, 1.165) is 30.4 Å². The molecule has 0 saturated carbocycles. The monoisotopic (exact) mass is 531 g/mol. The number of likely N-dealkylation sites (tertiary alicyclic amines) is 1. The van der Waals surface area contributed by atoms with Crippen LogP contribution in [0.5, 0.6) is 11.5 Å². The summed E-state index contributed by atoms with van der Waals surface area (Å²) in [5, 5.41) is 17.6. The van der Waals surface area contributed by atoms with Gasteiger partial charge in [-0.05, 0) is 49.0 Å². The molecule has 2 aliphatic rings. The molecule has 2 aliphatic heterocycles. The van der Waals surface area contributed by atoms with Crippen molar-refractivity contribution in [3.05, 3.63) is 59.2 Å². The molecule has 5 rings (SSSR count). The van der Waals surface area contributed by atoms with Crippen molar-refractivity contribution < 1.29 is 24.2 Å². The number of carbonyl (C=O) groups excluding carboxylic acids is 1. The van der Waals surface area contributed by atoms with E-state index in [1.807, 2.05) is 59.3 Å². The molecule has 0 spiro atoms. The van der Waals surface area contributed by atoms with E-state index >= 15 is 0 Å². The van der Waals surface area contributed by atoms with E-state index in [9.17, 15) is 14.7 Å². The van der Waals surface area contributed by atoms with Gasteiger partial charge in [-0.15, -0.1) is 0 Å². The Morgan fingerprint density at radius 1 is 1.05 bits per heavy atom. The first-order valence-electron chi connectivity index (χ1n) is 13.0. The van der Waals surface area contributed by atoms with Gasteiger partial charge in [-0.3, -0.25) is 4.79 Å². The number of ether oxygens (including phenoxy) is 2. The maximum absolute atomic E-state index is 12.7. The van der Waals surface area contributed by atoms with Crippen molar-refractivity contribution in [3.8, 4) is 22.8 Å². The van der Waals surface area contributed by atoms with Crippen LogP contribution < -0.4 is 20.5 Å². The van der Waals surface area contributed by atoms with Crippen LogP contribution in [0, 0.1) is 5.92 Å². The number of benzene rings is 2. The van der Waals surface area contributed by atoms with Gasteiger partial charge in [-0.25, -0.2) is 9.48 Å². The smallest absolute Gasteiger partial charge is 0.407 e. The second-order valence-corrected chi connectivity index (χ2v) is 9.81. The van der Waals surface area contributed by atoms with Gasteiger partial charge in [0.15, 0.2) is 0 Å². The van der Waals surface area contributed by atoms with Crippen LogP contribution in [0.1, 0.15) is 46.8 Å². The number of nitrogens with two attached hydrogens (primary N) is 1. The van der Waals surface area contributed by atoms with E-state index in [1.165, 1.54) is 4.90 Å². The number of piperidine rings is 1. The fourth-order valence-electron chi connectivity index (χ4n) is 5.63. The molecule has 0 aliphatic carbocycles. The van der Waals surface area contributed by atoms with E-state index < -0.39 is 12.0 Å². The number of hydrogen-bond donors (Lipinski definition) is 3. The second kappa shape index (κ2) is 11.1. The summed E-state index contributed by atoms with van der Waals surface area (Å²) in [7, 11) is 3.18. The average Bonchev–Trinajstić information content (AvgIpc) is 3.36. The number of fused-ring (bicyclic) bond motifs is 1. The Hall–Kier alpha value is -4.47. The SMILES string of the molecule is COc1cc(-c2nn3c(c2C(N)=O)NCCC3C2CCN(C(=O)O)CC2)cc(OC)c1/C=C/c1ccccc1. The van der Waals surface area contributed by atoms with Gasteiger partial charge in [0.25, 0.3) is 5.91 Å². The Balaban J connectivity index is 1.54. The van der Waals surface area contributed by atoms with Gasteiger partial charge in [0.05, 0.1) is 25.8 Å². The highest BCUT2D eigenvalue weighted by atomic mass is 16.5. The van der Waals surface area contributed by atoms with Gasteiger partial charge in [0.1, 0.15) is 28.6 Å². The topological polar surface area (TPSA) is 132 Å². The number of nitrogens with zero attached hydrogens (tertiary/aromatic N) is 3. The standard InChI is InChI=1S/C29H33N5O5/c1-38-23-16-20(17-24(39-2)21(23)9-8-18-6-4-3-5-7-18)26-25(27(30)35)28-31-13-10-22(34(28)32-26)19-11-14-33(15-12-19)29(36)37/h3-9,16-17,19,22,31H,10-15H2,1-2H3,(H2,30,35)(H,36,37)/b9-8+. The van der Waals surface area contributed by atoms with Gasteiger partial charge in [0.2, 0.25) is 0 Å². The molecule has 0 radical (unpaired) electrons. The molecule has 1 aromatic heterocycles. The lowest BCUT2D eigenvalue weighted by atomic mass is 9.87. The fraction of sp³-hybridized carbons (Fsp3) is 0.345. The zero-order valence-electron chi connectivity index (χ0n) is 22.1. The molecule has 39 heavy (non-hydrogen) atoms. The maximum atomic E-state index is 12.7. The second-order valence-electron chi connectivity index (χ2n) is 9.81. The van der Waals surface area contributed by atoms with Gasteiger partial charge in [-0.2, -0.15) is 5.10 Å². The first kappa shape index (κ1) is 26.1. The normalized spacial score (nSPS) is 17.5. The molecule has 1 fully saturated rings. The third-order valence-electron chi connectivity index (χ3n) is 7.62. The van der Waals surface area contributed by atoms with E-state index in [0.29, 0.717) is 53.8 Å². The van der Waals surface area contributed by atoms with Crippen LogP contribution in [0.25, 0.3) is 23.4 Å². The third kappa shape index (κ3) is 5.14. The minimum atomic E-state index is -0.887. The molecule has 0 bridgehead atoms. The number of anilines is 1. The van der Waals surface area contributed by atoms with Crippen LogP contribution in [0.3, 0.4) is 0 Å². The molecule has 3 heterocycles. The zero-order valence-corrected chi connectivity index (χ0v) is 22.1. The largest absolute Gasteiger partial charge is 0.496 e. The van der Waals surface area contributed by atoms with E-state index in [-0.39, 0.29) is 12.0 Å². The van der Waals surface area contributed by atoms with Crippen LogP contribution in [0.2, 0.25) is 0 Å². The number of methoxy groups -OCH3 is 2. The van der Waals surface area contributed by atoms with Gasteiger partial charge >= 0.3 is 6.09 Å². The van der Waals surface area contributed by atoms with E-state index in [2.05, 4.69) is 5.32 Å². The van der Waals surface area contributed by atoms with Crippen LogP contribution in [-0.2, 0) is 0 Å². The number of carbonyl (C=O) groups is 2. The molecule has 1 saturated heterocycles. The van der Waals surface area contributed by atoms with E-state index in [4.69, 9.17) is 20.3 Å². The first-order chi connectivity index (χ1) is 18.9. The Morgan fingerprint density at radius 2 is 1.72 bits per heavy atom. The van der Waals surface area contributed by atoms with Crippen molar-refractivity contribution in [1.29, 1.82) is 0 Å². The molecule has 10 heteroatoms. The number of rotatable bonds is 7. The maximum Gasteiger partial charge on any atom is 0.407 e. The molecular formula is C29H33N5O5. The lowest BCUT2D eigenvalue weighted by Crippen LogP contribution is -2.41. The van der Waals surface area contributed by atoms with E-state index in [1.54, 1.807) is 14.2 Å². The van der Waals surface area contributed by atoms with Crippen molar-refractivity contribution in [2.45, 2.75) is 25.3 Å². The summed E-state index contributed by atoms with van der Waals surface area (Å²) in [4.78, 5) is 25.6. The quantitative estimate of drug-likeness (QED) is 0.380. The van der Waals surface area contributed by atoms with Gasteiger partial charge in [0, 0.05) is 25.2 Å². The minimum absolute atomic E-state index is 0.0286. The Morgan fingerprint density at radius 3 is 2.31 bits per heavy atom. The lowest BCUT2D eigenvalue weighted by Gasteiger charge is -2.37. The first-order valence-corrected chi connectivity index (χ1v) is 13.0. The van der Waals surface area contributed by atoms with Gasteiger partial charge in [-0.1, -0.05) is 36.4 Å². The van der Waals surface area contributed by atoms with Crippen LogP contribution in [0.15, 0.2) is 42.5 Å². The summed E-state index contributed by atoms with van der Waals surface area (Å²) in [5.41, 5.74) is 9.12. The molecule has 4 N–H and O–H groups in total. The summed E-state index contributed by atoms with van der Waals surface area (Å²) in [6.45, 7) is 1.65. The highest BCUT2D eigenvalue weighted by molar-refractivity contribution is 6.04. The number of hydrogen-bond acceptors (Lipinski definition) is 6. The predicted molar refractivity (Wildman–Crippen MR) is 149 cm³/mol. The number of carboxylic acid groups (broad SMARTS) is 1. The van der Waals surface area contributed by atoms with Crippen molar-refractivity contribution >= 4 is 30.0 Å². The van der Waals surface area contributed by atoms with Crippen LogP contribution >= 0.6 is 0 Å². The van der Waals surface area contributed by atoms with Crippen molar-refractivity contribution in [2.24, 2.45) is 11.7 Å². The number of amides is 2. The van der Waals surface area contributed by atoms with Crippen molar-refractivity contribution in [1.82, 2.24) is 14.7 Å². The van der Waals surface area contributed by atoms with Crippen LogP contribution in [0.4, 0.5) is 10.6 Å². The molecule has 2 amide bonds. The van der Waals surface area contributed by atoms with Gasteiger partial charge < -0.3 is 30.5 Å². The third-order valence-corrected chi connectivity index (χ3v) is 7.62. The highest BCUT2D eigenvalue weighted by Crippen LogP contribution is 2.42. The number of primary amides is 1. The molecule has 1 atom stereocenters. The molecule has 2 aromatic carbocycles. The Bertz CT molecular complexity index is 1370. The minimum Gasteiger partial charge on any atom is -0.496 e. The molecule has 3 aromatic rings. The summed E-state index contributed by atoms with van der Waals surface area (Å²) in [5.74, 6) is 1.41. The van der Waals surface area contributed by atoms with Crippen molar-refractivity contribution in [3.63, 3.8) is 0 Å². The molecule has 10 nitrogen and oxygen atoms in total.